The Morgan fingerprint density at radius 1 is 1.39 bits per heavy atom. The molecule has 0 atom stereocenters. The first-order chi connectivity index (χ1) is 8.62. The third-order valence-corrected chi connectivity index (χ3v) is 4.44. The van der Waals surface area contributed by atoms with Gasteiger partial charge in [0.25, 0.3) is 0 Å². The number of aromatic nitrogens is 2. The quantitative estimate of drug-likeness (QED) is 0.816. The van der Waals surface area contributed by atoms with Gasteiger partial charge in [0.05, 0.1) is 11.4 Å². The lowest BCUT2D eigenvalue weighted by Gasteiger charge is -2.41. The summed E-state index contributed by atoms with van der Waals surface area (Å²) in [6.45, 7) is 5.47. The van der Waals surface area contributed by atoms with E-state index in [0.29, 0.717) is 5.41 Å². The summed E-state index contributed by atoms with van der Waals surface area (Å²) >= 11 is 0. The minimum Gasteiger partial charge on any atom is -0.394 e. The van der Waals surface area contributed by atoms with Crippen molar-refractivity contribution in [1.29, 1.82) is 0 Å². The van der Waals surface area contributed by atoms with Gasteiger partial charge in [-0.1, -0.05) is 26.7 Å². The topological polar surface area (TPSA) is 55.9 Å². The molecule has 1 aromatic rings. The van der Waals surface area contributed by atoms with Crippen molar-refractivity contribution in [2.75, 3.05) is 17.6 Å². The summed E-state index contributed by atoms with van der Waals surface area (Å²) in [6, 6.07) is 0. The maximum absolute atomic E-state index is 6.17. The van der Waals surface area contributed by atoms with Crippen LogP contribution < -0.4 is 11.1 Å². The van der Waals surface area contributed by atoms with E-state index in [-0.39, 0.29) is 0 Å². The number of anilines is 2. The average molecular weight is 250 g/mol. The minimum absolute atomic E-state index is 0.502. The SMILES string of the molecule is CCCc1nn(C)c(NCC2(CC)CCC2)c1N. The van der Waals surface area contributed by atoms with Gasteiger partial charge in [0.15, 0.2) is 0 Å². The predicted molar refractivity (Wildman–Crippen MR) is 76.7 cm³/mol. The lowest BCUT2D eigenvalue weighted by molar-refractivity contribution is 0.145. The van der Waals surface area contributed by atoms with E-state index >= 15 is 0 Å². The number of nitrogen functional groups attached to an aromatic ring is 1. The first kappa shape index (κ1) is 13.2. The van der Waals surface area contributed by atoms with Gasteiger partial charge in [0, 0.05) is 13.6 Å². The van der Waals surface area contributed by atoms with Crippen LogP contribution in [-0.2, 0) is 13.5 Å². The van der Waals surface area contributed by atoms with E-state index in [9.17, 15) is 0 Å². The molecule has 1 aliphatic carbocycles. The second kappa shape index (κ2) is 5.21. The van der Waals surface area contributed by atoms with Gasteiger partial charge in [0.2, 0.25) is 0 Å². The molecule has 0 amide bonds. The molecule has 0 saturated heterocycles. The molecule has 0 aliphatic heterocycles. The largest absolute Gasteiger partial charge is 0.394 e. The highest BCUT2D eigenvalue weighted by Crippen LogP contribution is 2.44. The summed E-state index contributed by atoms with van der Waals surface area (Å²) < 4.78 is 1.89. The molecular weight excluding hydrogens is 224 g/mol. The maximum Gasteiger partial charge on any atom is 0.147 e. The van der Waals surface area contributed by atoms with E-state index in [2.05, 4.69) is 24.3 Å². The second-order valence-electron chi connectivity index (χ2n) is 5.64. The van der Waals surface area contributed by atoms with Gasteiger partial charge in [-0.25, -0.2) is 0 Å². The Bertz CT molecular complexity index is 399. The van der Waals surface area contributed by atoms with E-state index < -0.39 is 0 Å². The number of nitrogens with two attached hydrogens (primary N) is 1. The van der Waals surface area contributed by atoms with Crippen LogP contribution in [0.4, 0.5) is 11.5 Å². The number of rotatable bonds is 6. The summed E-state index contributed by atoms with van der Waals surface area (Å²) in [5, 5.41) is 8.03. The number of aryl methyl sites for hydroxylation is 2. The molecule has 0 radical (unpaired) electrons. The van der Waals surface area contributed by atoms with Crippen molar-refractivity contribution in [1.82, 2.24) is 9.78 Å². The Balaban J connectivity index is 2.04. The first-order valence-electron chi connectivity index (χ1n) is 7.17. The summed E-state index contributed by atoms with van der Waals surface area (Å²) in [4.78, 5) is 0. The zero-order valence-electron chi connectivity index (χ0n) is 11.9. The second-order valence-corrected chi connectivity index (χ2v) is 5.64. The van der Waals surface area contributed by atoms with Gasteiger partial charge in [0.1, 0.15) is 5.82 Å². The van der Waals surface area contributed by atoms with Gasteiger partial charge < -0.3 is 11.1 Å². The van der Waals surface area contributed by atoms with Crippen LogP contribution in [0.3, 0.4) is 0 Å². The molecule has 0 aromatic carbocycles. The van der Waals surface area contributed by atoms with Crippen molar-refractivity contribution >= 4 is 11.5 Å². The van der Waals surface area contributed by atoms with Gasteiger partial charge in [-0.2, -0.15) is 5.10 Å². The van der Waals surface area contributed by atoms with Gasteiger partial charge in [-0.15, -0.1) is 0 Å². The molecule has 1 fully saturated rings. The smallest absolute Gasteiger partial charge is 0.147 e. The van der Waals surface area contributed by atoms with Crippen LogP contribution in [0.5, 0.6) is 0 Å². The molecule has 102 valence electrons. The Morgan fingerprint density at radius 3 is 2.61 bits per heavy atom. The Morgan fingerprint density at radius 2 is 2.11 bits per heavy atom. The molecule has 0 spiro atoms. The van der Waals surface area contributed by atoms with Gasteiger partial charge >= 0.3 is 0 Å². The minimum atomic E-state index is 0.502. The lowest BCUT2D eigenvalue weighted by atomic mass is 9.67. The van der Waals surface area contributed by atoms with E-state index in [1.54, 1.807) is 0 Å². The van der Waals surface area contributed by atoms with E-state index in [4.69, 9.17) is 5.73 Å². The van der Waals surface area contributed by atoms with Crippen molar-refractivity contribution in [2.45, 2.75) is 52.4 Å². The molecule has 1 saturated carbocycles. The third kappa shape index (κ3) is 2.33. The lowest BCUT2D eigenvalue weighted by Crippen LogP contribution is -2.36. The zero-order chi connectivity index (χ0) is 13.2. The van der Waals surface area contributed by atoms with Crippen molar-refractivity contribution < 1.29 is 0 Å². The number of hydrogen-bond donors (Lipinski definition) is 2. The van der Waals surface area contributed by atoms with Crippen LogP contribution in [-0.4, -0.2) is 16.3 Å². The van der Waals surface area contributed by atoms with Crippen molar-refractivity contribution in [3.05, 3.63) is 5.69 Å². The summed E-state index contributed by atoms with van der Waals surface area (Å²) in [5.41, 5.74) is 8.54. The van der Waals surface area contributed by atoms with Crippen molar-refractivity contribution in [2.24, 2.45) is 12.5 Å². The molecular formula is C14H26N4. The van der Waals surface area contributed by atoms with Crippen molar-refractivity contribution in [3.8, 4) is 0 Å². The maximum atomic E-state index is 6.17. The van der Waals surface area contributed by atoms with Gasteiger partial charge in [-0.05, 0) is 31.1 Å². The number of nitrogens with one attached hydrogen (secondary N) is 1. The molecule has 1 heterocycles. The normalized spacial score (nSPS) is 17.5. The van der Waals surface area contributed by atoms with Gasteiger partial charge in [-0.3, -0.25) is 4.68 Å². The highest BCUT2D eigenvalue weighted by molar-refractivity contribution is 5.65. The predicted octanol–water partition coefficient (Wildman–Crippen LogP) is 2.95. The molecule has 1 aromatic heterocycles. The van der Waals surface area contributed by atoms with E-state index in [0.717, 1.165) is 36.6 Å². The standard InChI is InChI=1S/C14H26N4/c1-4-7-11-12(15)13(18(3)17-11)16-10-14(5-2)8-6-9-14/h16H,4-10,15H2,1-3H3. The molecule has 2 rings (SSSR count). The highest BCUT2D eigenvalue weighted by atomic mass is 15.3. The number of hydrogen-bond acceptors (Lipinski definition) is 3. The molecule has 0 unspecified atom stereocenters. The summed E-state index contributed by atoms with van der Waals surface area (Å²) in [7, 11) is 1.97. The third-order valence-electron chi connectivity index (χ3n) is 4.44. The zero-order valence-corrected chi connectivity index (χ0v) is 11.9. The van der Waals surface area contributed by atoms with Crippen molar-refractivity contribution in [3.63, 3.8) is 0 Å². The Hall–Kier alpha value is -1.19. The van der Waals surface area contributed by atoms with Crippen LogP contribution in [0.15, 0.2) is 0 Å². The van der Waals surface area contributed by atoms with E-state index in [1.807, 2.05) is 11.7 Å². The molecule has 18 heavy (non-hydrogen) atoms. The molecule has 3 N–H and O–H groups in total. The average Bonchev–Trinajstić information content (AvgIpc) is 2.56. The Labute approximate surface area is 110 Å². The fraction of sp³-hybridized carbons (Fsp3) is 0.786. The molecule has 4 nitrogen and oxygen atoms in total. The molecule has 0 bridgehead atoms. The number of nitrogens with zero attached hydrogens (tertiary/aromatic N) is 2. The van der Waals surface area contributed by atoms with Crippen LogP contribution >= 0.6 is 0 Å². The summed E-state index contributed by atoms with van der Waals surface area (Å²) in [6.07, 6.45) is 7.35. The van der Waals surface area contributed by atoms with E-state index in [1.165, 1.54) is 25.7 Å². The molecule has 1 aliphatic rings. The highest BCUT2D eigenvalue weighted by Gasteiger charge is 2.35. The first-order valence-corrected chi connectivity index (χ1v) is 7.17. The fourth-order valence-electron chi connectivity index (χ4n) is 2.83. The van der Waals surface area contributed by atoms with Crippen LogP contribution in [0, 0.1) is 5.41 Å². The monoisotopic (exact) mass is 250 g/mol. The Kier molecular flexibility index (Phi) is 3.83. The van der Waals surface area contributed by atoms with Crippen LogP contribution in [0.25, 0.3) is 0 Å². The van der Waals surface area contributed by atoms with Crippen LogP contribution in [0.2, 0.25) is 0 Å². The molecule has 4 heteroatoms. The summed E-state index contributed by atoms with van der Waals surface area (Å²) in [5.74, 6) is 0.998. The van der Waals surface area contributed by atoms with Crippen LogP contribution in [0.1, 0.15) is 51.6 Å². The fourth-order valence-corrected chi connectivity index (χ4v) is 2.83.